The van der Waals surface area contributed by atoms with Gasteiger partial charge in [-0.3, -0.25) is 4.79 Å². The van der Waals surface area contributed by atoms with Crippen molar-refractivity contribution in [2.75, 3.05) is 13.1 Å². The van der Waals surface area contributed by atoms with E-state index >= 15 is 0 Å². The molecule has 1 heterocycles. The molecule has 1 aromatic carbocycles. The highest BCUT2D eigenvalue weighted by Crippen LogP contribution is 2.28. The zero-order chi connectivity index (χ0) is 17.9. The molecule has 2 nitrogen and oxygen atoms in total. The number of rotatable bonds is 6. The summed E-state index contributed by atoms with van der Waals surface area (Å²) in [5.41, 5.74) is 2.89. The van der Waals surface area contributed by atoms with E-state index in [1.54, 1.807) is 0 Å². The first-order chi connectivity index (χ1) is 11.6. The minimum atomic E-state index is 0.354. The maximum Gasteiger partial charge on any atom is 0.222 e. The molecule has 0 aromatic heterocycles. The maximum absolute atomic E-state index is 12.1. The first kappa shape index (κ1) is 20.7. The first-order valence-corrected chi connectivity index (χ1v) is 9.96. The molecule has 0 radical (unpaired) electrons. The van der Waals surface area contributed by atoms with E-state index in [0.29, 0.717) is 17.7 Å². The molecule has 1 amide bonds. The van der Waals surface area contributed by atoms with E-state index in [-0.39, 0.29) is 0 Å². The molecule has 0 spiro atoms. The van der Waals surface area contributed by atoms with E-state index in [1.165, 1.54) is 11.1 Å². The Morgan fingerprint density at radius 1 is 1.12 bits per heavy atom. The smallest absolute Gasteiger partial charge is 0.222 e. The van der Waals surface area contributed by atoms with Crippen LogP contribution in [0.4, 0.5) is 0 Å². The molecule has 136 valence electrons. The van der Waals surface area contributed by atoms with Crippen LogP contribution >= 0.6 is 0 Å². The standard InChI is InChI=1S/C20H31NO.C2H6/c1-4-5-6-20(22)21-13-11-19(12-14-21)18-9-7-17(8-10-18)15-16(2)3;1-2/h7-10,16,19H,4-6,11-15H2,1-3H3;1-2H3. The van der Waals surface area contributed by atoms with Crippen molar-refractivity contribution in [3.63, 3.8) is 0 Å². The molecule has 0 unspecified atom stereocenters. The third-order valence-electron chi connectivity index (χ3n) is 4.69. The van der Waals surface area contributed by atoms with Gasteiger partial charge in [-0.15, -0.1) is 0 Å². The SMILES string of the molecule is CC.CCCCC(=O)N1CCC(c2ccc(CC(C)C)cc2)CC1. The summed E-state index contributed by atoms with van der Waals surface area (Å²) in [7, 11) is 0. The summed E-state index contributed by atoms with van der Waals surface area (Å²) in [5, 5.41) is 0. The van der Waals surface area contributed by atoms with Gasteiger partial charge in [-0.2, -0.15) is 0 Å². The molecule has 1 aliphatic heterocycles. The van der Waals surface area contributed by atoms with E-state index in [0.717, 1.165) is 51.6 Å². The fourth-order valence-electron chi connectivity index (χ4n) is 3.35. The van der Waals surface area contributed by atoms with Crippen molar-refractivity contribution in [1.29, 1.82) is 0 Å². The van der Waals surface area contributed by atoms with Crippen molar-refractivity contribution in [2.45, 2.75) is 79.1 Å². The van der Waals surface area contributed by atoms with Gasteiger partial charge in [0, 0.05) is 19.5 Å². The second-order valence-electron chi connectivity index (χ2n) is 7.10. The molecule has 2 rings (SSSR count). The van der Waals surface area contributed by atoms with Gasteiger partial charge in [0.15, 0.2) is 0 Å². The Morgan fingerprint density at radius 2 is 1.71 bits per heavy atom. The lowest BCUT2D eigenvalue weighted by Gasteiger charge is -2.32. The average Bonchev–Trinajstić information content (AvgIpc) is 2.62. The topological polar surface area (TPSA) is 20.3 Å². The number of amides is 1. The highest BCUT2D eigenvalue weighted by molar-refractivity contribution is 5.76. The summed E-state index contributed by atoms with van der Waals surface area (Å²) in [4.78, 5) is 14.1. The van der Waals surface area contributed by atoms with Crippen LogP contribution in [0.15, 0.2) is 24.3 Å². The number of benzene rings is 1. The van der Waals surface area contributed by atoms with Crippen LogP contribution < -0.4 is 0 Å². The van der Waals surface area contributed by atoms with Crippen LogP contribution in [0.3, 0.4) is 0 Å². The van der Waals surface area contributed by atoms with Crippen molar-refractivity contribution in [2.24, 2.45) is 5.92 Å². The zero-order valence-electron chi connectivity index (χ0n) is 16.5. The van der Waals surface area contributed by atoms with E-state index in [9.17, 15) is 4.79 Å². The van der Waals surface area contributed by atoms with E-state index in [2.05, 4.69) is 49.9 Å². The van der Waals surface area contributed by atoms with Gasteiger partial charge in [0.1, 0.15) is 0 Å². The van der Waals surface area contributed by atoms with Crippen molar-refractivity contribution in [1.82, 2.24) is 4.90 Å². The Bertz CT molecular complexity index is 455. The lowest BCUT2D eigenvalue weighted by Crippen LogP contribution is -2.37. The van der Waals surface area contributed by atoms with Crippen molar-refractivity contribution in [3.8, 4) is 0 Å². The van der Waals surface area contributed by atoms with Crippen LogP contribution in [0, 0.1) is 5.92 Å². The largest absolute Gasteiger partial charge is 0.343 e. The van der Waals surface area contributed by atoms with Crippen LogP contribution in [-0.2, 0) is 11.2 Å². The van der Waals surface area contributed by atoms with Gasteiger partial charge in [0.2, 0.25) is 5.91 Å². The highest BCUT2D eigenvalue weighted by Gasteiger charge is 2.23. The van der Waals surface area contributed by atoms with Crippen LogP contribution in [0.25, 0.3) is 0 Å². The molecule has 1 fully saturated rings. The Labute approximate surface area is 149 Å². The maximum atomic E-state index is 12.1. The number of unbranched alkanes of at least 4 members (excludes halogenated alkanes) is 1. The molecule has 0 bridgehead atoms. The molecule has 0 saturated carbocycles. The van der Waals surface area contributed by atoms with E-state index < -0.39 is 0 Å². The Hall–Kier alpha value is -1.31. The van der Waals surface area contributed by atoms with Crippen molar-refractivity contribution in [3.05, 3.63) is 35.4 Å². The monoisotopic (exact) mass is 331 g/mol. The predicted molar refractivity (Wildman–Crippen MR) is 104 cm³/mol. The van der Waals surface area contributed by atoms with Crippen LogP contribution in [0.1, 0.15) is 83.8 Å². The van der Waals surface area contributed by atoms with Gasteiger partial charge in [0.05, 0.1) is 0 Å². The Kier molecular flexibility index (Phi) is 9.75. The molecule has 0 aliphatic carbocycles. The minimum Gasteiger partial charge on any atom is -0.343 e. The Balaban J connectivity index is 0.00000139. The first-order valence-electron chi connectivity index (χ1n) is 9.96. The molecule has 1 aromatic rings. The quantitative estimate of drug-likeness (QED) is 0.644. The van der Waals surface area contributed by atoms with Gasteiger partial charge in [-0.05, 0) is 48.6 Å². The molecular formula is C22H37NO. The summed E-state index contributed by atoms with van der Waals surface area (Å²) >= 11 is 0. The predicted octanol–water partition coefficient (Wildman–Crippen LogP) is 5.81. The number of hydrogen-bond acceptors (Lipinski definition) is 1. The summed E-state index contributed by atoms with van der Waals surface area (Å²) in [6, 6.07) is 9.18. The third kappa shape index (κ3) is 6.67. The van der Waals surface area contributed by atoms with Gasteiger partial charge >= 0.3 is 0 Å². The van der Waals surface area contributed by atoms with Crippen molar-refractivity contribution < 1.29 is 4.79 Å². The van der Waals surface area contributed by atoms with Crippen LogP contribution in [0.2, 0.25) is 0 Å². The summed E-state index contributed by atoms with van der Waals surface area (Å²) < 4.78 is 0. The highest BCUT2D eigenvalue weighted by atomic mass is 16.2. The van der Waals surface area contributed by atoms with Gasteiger partial charge in [-0.25, -0.2) is 0 Å². The van der Waals surface area contributed by atoms with E-state index in [1.807, 2.05) is 13.8 Å². The molecule has 2 heteroatoms. The average molecular weight is 332 g/mol. The van der Waals surface area contributed by atoms with Gasteiger partial charge in [0.25, 0.3) is 0 Å². The second kappa shape index (κ2) is 11.3. The normalized spacial score (nSPS) is 15.2. The molecule has 24 heavy (non-hydrogen) atoms. The lowest BCUT2D eigenvalue weighted by molar-refractivity contribution is -0.132. The molecule has 0 atom stereocenters. The fourth-order valence-corrected chi connectivity index (χ4v) is 3.35. The van der Waals surface area contributed by atoms with Crippen LogP contribution in [0.5, 0.6) is 0 Å². The summed E-state index contributed by atoms with van der Waals surface area (Å²) in [6.45, 7) is 12.5. The molecule has 0 N–H and O–H groups in total. The van der Waals surface area contributed by atoms with Gasteiger partial charge < -0.3 is 4.90 Å². The van der Waals surface area contributed by atoms with E-state index in [4.69, 9.17) is 0 Å². The number of piperidine rings is 1. The lowest BCUT2D eigenvalue weighted by atomic mass is 9.88. The zero-order valence-corrected chi connectivity index (χ0v) is 16.5. The molecular weight excluding hydrogens is 294 g/mol. The summed E-state index contributed by atoms with van der Waals surface area (Å²) in [5.74, 6) is 1.69. The second-order valence-corrected chi connectivity index (χ2v) is 7.10. The summed E-state index contributed by atoms with van der Waals surface area (Å²) in [6.07, 6.45) is 6.24. The number of carbonyl (C=O) groups excluding carboxylic acids is 1. The van der Waals surface area contributed by atoms with Crippen LogP contribution in [-0.4, -0.2) is 23.9 Å². The Morgan fingerprint density at radius 3 is 2.21 bits per heavy atom. The number of hydrogen-bond donors (Lipinski definition) is 0. The minimum absolute atomic E-state index is 0.354. The molecule has 1 saturated heterocycles. The third-order valence-corrected chi connectivity index (χ3v) is 4.69. The van der Waals surface area contributed by atoms with Crippen molar-refractivity contribution >= 4 is 5.91 Å². The number of nitrogens with zero attached hydrogens (tertiary/aromatic N) is 1. The number of likely N-dealkylation sites (tertiary alicyclic amines) is 1. The fraction of sp³-hybridized carbons (Fsp3) is 0.682. The number of carbonyl (C=O) groups is 1. The molecule has 1 aliphatic rings. The van der Waals surface area contributed by atoms with Gasteiger partial charge in [-0.1, -0.05) is 65.3 Å².